The summed E-state index contributed by atoms with van der Waals surface area (Å²) in [6.07, 6.45) is 1.16. The number of anilines is 2. The molecular weight excluding hydrogens is 260 g/mol. The van der Waals surface area contributed by atoms with Gasteiger partial charge in [0.1, 0.15) is 17.5 Å². The molecule has 1 aromatic carbocycles. The zero-order valence-corrected chi connectivity index (χ0v) is 12.9. The predicted octanol–water partition coefficient (Wildman–Crippen LogP) is 3.39. The van der Waals surface area contributed by atoms with Crippen molar-refractivity contribution in [1.29, 1.82) is 0 Å². The first kappa shape index (κ1) is 13.9. The van der Waals surface area contributed by atoms with Crippen molar-refractivity contribution in [2.75, 3.05) is 24.2 Å². The number of rotatable bonds is 5. The van der Waals surface area contributed by atoms with Gasteiger partial charge in [-0.2, -0.15) is 0 Å². The number of aromatic nitrogens is 2. The van der Waals surface area contributed by atoms with Crippen molar-refractivity contribution in [3.63, 3.8) is 0 Å². The number of hydrogen-bond donors (Lipinski definition) is 2. The topological polar surface area (TPSA) is 49.8 Å². The van der Waals surface area contributed by atoms with E-state index in [0.29, 0.717) is 11.8 Å². The van der Waals surface area contributed by atoms with Crippen molar-refractivity contribution in [2.24, 2.45) is 0 Å². The Balaban J connectivity index is 1.70. The molecule has 21 heavy (non-hydrogen) atoms. The summed E-state index contributed by atoms with van der Waals surface area (Å²) in [5.41, 5.74) is 2.95. The Morgan fingerprint density at radius 3 is 2.67 bits per heavy atom. The number of nitrogens with zero attached hydrogens (tertiary/aromatic N) is 2. The SMILES string of the molecule is CNc1cc(NCC2Cc3ccccc32)nc(C(C)C)n1. The molecule has 1 atom stereocenters. The molecular formula is C17H22N4. The molecule has 110 valence electrons. The van der Waals surface area contributed by atoms with E-state index < -0.39 is 0 Å². The average molecular weight is 282 g/mol. The fraction of sp³-hybridized carbons (Fsp3) is 0.412. The second-order valence-corrected chi connectivity index (χ2v) is 5.88. The van der Waals surface area contributed by atoms with Crippen molar-refractivity contribution in [2.45, 2.75) is 32.1 Å². The van der Waals surface area contributed by atoms with E-state index in [1.54, 1.807) is 0 Å². The van der Waals surface area contributed by atoms with E-state index in [1.165, 1.54) is 11.1 Å². The van der Waals surface area contributed by atoms with Gasteiger partial charge in [0, 0.05) is 31.5 Å². The average Bonchev–Trinajstić information content (AvgIpc) is 2.47. The van der Waals surface area contributed by atoms with Crippen LogP contribution in [0.15, 0.2) is 30.3 Å². The highest BCUT2D eigenvalue weighted by Crippen LogP contribution is 2.34. The van der Waals surface area contributed by atoms with Gasteiger partial charge in [-0.1, -0.05) is 38.1 Å². The van der Waals surface area contributed by atoms with E-state index in [1.807, 2.05) is 13.1 Å². The van der Waals surface area contributed by atoms with Crippen LogP contribution in [0, 0.1) is 0 Å². The van der Waals surface area contributed by atoms with Gasteiger partial charge in [0.05, 0.1) is 0 Å². The van der Waals surface area contributed by atoms with E-state index in [9.17, 15) is 0 Å². The van der Waals surface area contributed by atoms with Crippen molar-refractivity contribution in [3.8, 4) is 0 Å². The maximum Gasteiger partial charge on any atom is 0.135 e. The van der Waals surface area contributed by atoms with Gasteiger partial charge in [-0.3, -0.25) is 0 Å². The van der Waals surface area contributed by atoms with E-state index in [-0.39, 0.29) is 0 Å². The first-order chi connectivity index (χ1) is 10.2. The summed E-state index contributed by atoms with van der Waals surface area (Å²) < 4.78 is 0. The van der Waals surface area contributed by atoms with Gasteiger partial charge in [0.2, 0.25) is 0 Å². The second kappa shape index (κ2) is 5.72. The Kier molecular flexibility index (Phi) is 3.78. The number of benzene rings is 1. The van der Waals surface area contributed by atoms with Gasteiger partial charge >= 0.3 is 0 Å². The summed E-state index contributed by atoms with van der Waals surface area (Å²) in [7, 11) is 1.89. The lowest BCUT2D eigenvalue weighted by Gasteiger charge is -2.30. The maximum absolute atomic E-state index is 4.60. The van der Waals surface area contributed by atoms with E-state index in [0.717, 1.165) is 30.4 Å². The van der Waals surface area contributed by atoms with Crippen molar-refractivity contribution >= 4 is 11.6 Å². The van der Waals surface area contributed by atoms with Crippen molar-refractivity contribution in [3.05, 3.63) is 47.3 Å². The van der Waals surface area contributed by atoms with Gasteiger partial charge < -0.3 is 10.6 Å². The third kappa shape index (κ3) is 2.84. The summed E-state index contributed by atoms with van der Waals surface area (Å²) in [5.74, 6) is 3.56. The molecule has 2 N–H and O–H groups in total. The molecule has 3 rings (SSSR count). The molecule has 0 saturated carbocycles. The number of nitrogens with one attached hydrogen (secondary N) is 2. The number of hydrogen-bond acceptors (Lipinski definition) is 4. The van der Waals surface area contributed by atoms with Crippen LogP contribution in [0.2, 0.25) is 0 Å². The Bertz CT molecular complexity index is 636. The van der Waals surface area contributed by atoms with Gasteiger partial charge in [-0.15, -0.1) is 0 Å². The van der Waals surface area contributed by atoms with E-state index in [4.69, 9.17) is 0 Å². The van der Waals surface area contributed by atoms with Gasteiger partial charge in [0.15, 0.2) is 0 Å². The Labute approximate surface area is 126 Å². The molecule has 0 amide bonds. The van der Waals surface area contributed by atoms with Crippen molar-refractivity contribution in [1.82, 2.24) is 9.97 Å². The lowest BCUT2D eigenvalue weighted by atomic mass is 9.77. The molecule has 1 aliphatic rings. The fourth-order valence-corrected chi connectivity index (χ4v) is 2.72. The highest BCUT2D eigenvalue weighted by Gasteiger charge is 2.25. The Morgan fingerprint density at radius 2 is 1.95 bits per heavy atom. The highest BCUT2D eigenvalue weighted by atomic mass is 15.1. The minimum absolute atomic E-state index is 0.322. The molecule has 1 heterocycles. The molecule has 0 fully saturated rings. The van der Waals surface area contributed by atoms with Crippen LogP contribution in [-0.2, 0) is 6.42 Å². The fourth-order valence-electron chi connectivity index (χ4n) is 2.72. The molecule has 1 aliphatic carbocycles. The first-order valence-electron chi connectivity index (χ1n) is 7.55. The van der Waals surface area contributed by atoms with Crippen LogP contribution in [0.1, 0.15) is 42.6 Å². The third-order valence-electron chi connectivity index (χ3n) is 4.01. The summed E-state index contributed by atoms with van der Waals surface area (Å²) in [6, 6.07) is 10.6. The molecule has 0 aliphatic heterocycles. The lowest BCUT2D eigenvalue weighted by molar-refractivity contribution is 0.634. The quantitative estimate of drug-likeness (QED) is 0.882. The van der Waals surface area contributed by atoms with E-state index >= 15 is 0 Å². The van der Waals surface area contributed by atoms with Crippen LogP contribution < -0.4 is 10.6 Å². The molecule has 0 bridgehead atoms. The zero-order chi connectivity index (χ0) is 14.8. The molecule has 0 saturated heterocycles. The smallest absolute Gasteiger partial charge is 0.135 e. The third-order valence-corrected chi connectivity index (χ3v) is 4.01. The molecule has 4 heteroatoms. The van der Waals surface area contributed by atoms with Crippen LogP contribution >= 0.6 is 0 Å². The maximum atomic E-state index is 4.60. The Morgan fingerprint density at radius 1 is 1.19 bits per heavy atom. The molecule has 4 nitrogen and oxygen atoms in total. The lowest BCUT2D eigenvalue weighted by Crippen LogP contribution is -2.24. The van der Waals surface area contributed by atoms with E-state index in [2.05, 4.69) is 58.7 Å². The standard InChI is InChI=1S/C17H22N4/c1-11(2)17-20-15(18-3)9-16(21-17)19-10-13-8-12-6-4-5-7-14(12)13/h4-7,9,11,13H,8,10H2,1-3H3,(H2,18,19,20,21). The van der Waals surface area contributed by atoms with Gasteiger partial charge in [0.25, 0.3) is 0 Å². The summed E-state index contributed by atoms with van der Waals surface area (Å²) in [5, 5.41) is 6.57. The van der Waals surface area contributed by atoms with Crippen LogP contribution in [0.25, 0.3) is 0 Å². The molecule has 1 aromatic heterocycles. The van der Waals surface area contributed by atoms with Crippen molar-refractivity contribution < 1.29 is 0 Å². The molecule has 0 radical (unpaired) electrons. The highest BCUT2D eigenvalue weighted by molar-refractivity contribution is 5.49. The second-order valence-electron chi connectivity index (χ2n) is 5.88. The molecule has 1 unspecified atom stereocenters. The largest absolute Gasteiger partial charge is 0.373 e. The van der Waals surface area contributed by atoms with Crippen LogP contribution in [-0.4, -0.2) is 23.6 Å². The normalized spacial score (nSPS) is 16.3. The minimum Gasteiger partial charge on any atom is -0.373 e. The predicted molar refractivity (Wildman–Crippen MR) is 87.0 cm³/mol. The molecule has 0 spiro atoms. The molecule has 2 aromatic rings. The van der Waals surface area contributed by atoms with Gasteiger partial charge in [-0.25, -0.2) is 9.97 Å². The minimum atomic E-state index is 0.322. The Hall–Kier alpha value is -2.10. The summed E-state index contributed by atoms with van der Waals surface area (Å²) >= 11 is 0. The monoisotopic (exact) mass is 282 g/mol. The summed E-state index contributed by atoms with van der Waals surface area (Å²) in [6.45, 7) is 5.15. The number of fused-ring (bicyclic) bond motifs is 1. The van der Waals surface area contributed by atoms with Gasteiger partial charge in [-0.05, 0) is 17.5 Å². The van der Waals surface area contributed by atoms with Crippen LogP contribution in [0.3, 0.4) is 0 Å². The van der Waals surface area contributed by atoms with Crippen LogP contribution in [0.5, 0.6) is 0 Å². The zero-order valence-electron chi connectivity index (χ0n) is 12.9. The van der Waals surface area contributed by atoms with Crippen LogP contribution in [0.4, 0.5) is 11.6 Å². The summed E-state index contributed by atoms with van der Waals surface area (Å²) in [4.78, 5) is 9.09. The first-order valence-corrected chi connectivity index (χ1v) is 7.55.